The first-order chi connectivity index (χ1) is 9.81. The second kappa shape index (κ2) is 8.86. The van der Waals surface area contributed by atoms with Gasteiger partial charge in [0.05, 0.1) is 6.04 Å². The summed E-state index contributed by atoms with van der Waals surface area (Å²) < 4.78 is 0. The van der Waals surface area contributed by atoms with Crippen LogP contribution in [-0.2, 0) is 20.8 Å². The summed E-state index contributed by atoms with van der Waals surface area (Å²) in [5, 5.41) is 9.94. The number of hydrogen-bond acceptors (Lipinski definition) is 2. The summed E-state index contributed by atoms with van der Waals surface area (Å²) in [5.74, 6) is 0.366. The third kappa shape index (κ3) is 5.82. The third-order valence-electron chi connectivity index (χ3n) is 4.02. The molecule has 21 heavy (non-hydrogen) atoms. The molecule has 1 aliphatic carbocycles. The van der Waals surface area contributed by atoms with Gasteiger partial charge in [-0.1, -0.05) is 31.8 Å². The van der Waals surface area contributed by atoms with E-state index in [9.17, 15) is 5.11 Å². The van der Waals surface area contributed by atoms with Crippen LogP contribution in [0.5, 0.6) is 5.75 Å². The van der Waals surface area contributed by atoms with Gasteiger partial charge in [-0.05, 0) is 36.9 Å². The monoisotopic (exact) mass is 421 g/mol. The Morgan fingerprint density at radius 1 is 1.29 bits per heavy atom. The zero-order valence-electron chi connectivity index (χ0n) is 13.0. The first kappa shape index (κ1) is 19.4. The molecule has 0 bridgehead atoms. The average Bonchev–Trinajstić information content (AvgIpc) is 2.32. The van der Waals surface area contributed by atoms with Crippen LogP contribution >= 0.6 is 17.0 Å². The number of hydrogen-bond donors (Lipinski definition) is 1. The Morgan fingerprint density at radius 2 is 1.90 bits per heavy atom. The van der Waals surface area contributed by atoms with E-state index in [2.05, 4.69) is 19.6 Å². The minimum absolute atomic E-state index is 0.366. The molecule has 0 aliphatic heterocycles. The van der Waals surface area contributed by atoms with Crippen LogP contribution in [0.4, 0.5) is 0 Å². The molecule has 2 rings (SSSR count). The van der Waals surface area contributed by atoms with Crippen molar-refractivity contribution >= 4 is 31.3 Å². The molecule has 0 spiro atoms. The summed E-state index contributed by atoms with van der Waals surface area (Å²) in [6.45, 7) is 9.18. The summed E-state index contributed by atoms with van der Waals surface area (Å²) in [6.07, 6.45) is 4.40. The van der Waals surface area contributed by atoms with Crippen LogP contribution < -0.4 is 0 Å². The fourth-order valence-corrected chi connectivity index (χ4v) is 5.07. The fraction of sp³-hybridized carbons (Fsp3) is 0.533. The fourth-order valence-electron chi connectivity index (χ4n) is 2.63. The number of rotatable bonds is 3. The van der Waals surface area contributed by atoms with Crippen molar-refractivity contribution in [1.82, 2.24) is 0 Å². The van der Waals surface area contributed by atoms with Crippen LogP contribution in [-0.4, -0.2) is 25.4 Å². The third-order valence-corrected chi connectivity index (χ3v) is 6.92. The van der Waals surface area contributed by atoms with Gasteiger partial charge in [0.2, 0.25) is 0 Å². The standard InChI is InChI=1S/C15H23NOSi.2ClH.Zr/c1-11-6-5-7-12(15(11)17)10-16-13-8-9-14(13)18(2,3)4;;;/h5-7,10,13-14,17H,8-9H2,1-4H3;2*1H;/q;;;+2/p-2. The van der Waals surface area contributed by atoms with Crippen molar-refractivity contribution in [3.05, 3.63) is 29.3 Å². The van der Waals surface area contributed by atoms with Gasteiger partial charge in [0.1, 0.15) is 5.75 Å². The first-order valence-electron chi connectivity index (χ1n) is 7.09. The molecular weight excluding hydrogens is 400 g/mol. The van der Waals surface area contributed by atoms with Crippen molar-refractivity contribution in [2.24, 2.45) is 4.99 Å². The molecule has 1 aromatic carbocycles. The molecule has 116 valence electrons. The number of aromatic hydroxyl groups is 1. The van der Waals surface area contributed by atoms with Gasteiger partial charge in [-0.25, -0.2) is 0 Å². The molecule has 0 aromatic heterocycles. The van der Waals surface area contributed by atoms with Crippen LogP contribution in [0.25, 0.3) is 0 Å². The molecule has 0 amide bonds. The van der Waals surface area contributed by atoms with Crippen LogP contribution in [0.2, 0.25) is 25.2 Å². The molecule has 1 N–H and O–H groups in total. The van der Waals surface area contributed by atoms with Gasteiger partial charge >= 0.3 is 37.9 Å². The van der Waals surface area contributed by atoms with E-state index in [1.807, 2.05) is 31.3 Å². The number of aryl methyl sites for hydroxylation is 1. The van der Waals surface area contributed by atoms with E-state index in [1.54, 1.807) is 0 Å². The maximum atomic E-state index is 9.94. The van der Waals surface area contributed by atoms with Crippen molar-refractivity contribution in [2.75, 3.05) is 0 Å². The number of phenolic OH excluding ortho intramolecular Hbond substituents is 1. The molecule has 2 atom stereocenters. The van der Waals surface area contributed by atoms with Crippen molar-refractivity contribution in [3.63, 3.8) is 0 Å². The molecule has 0 saturated heterocycles. The molecule has 2 unspecified atom stereocenters. The van der Waals surface area contributed by atoms with Gasteiger partial charge < -0.3 is 5.11 Å². The Labute approximate surface area is 147 Å². The number of phenols is 1. The van der Waals surface area contributed by atoms with Crippen molar-refractivity contribution in [1.29, 1.82) is 0 Å². The summed E-state index contributed by atoms with van der Waals surface area (Å²) in [4.78, 5) is 4.70. The van der Waals surface area contributed by atoms with E-state index < -0.39 is 28.9 Å². The van der Waals surface area contributed by atoms with Crippen LogP contribution in [0.1, 0.15) is 24.0 Å². The number of aliphatic imine (C=N–C) groups is 1. The van der Waals surface area contributed by atoms with Gasteiger partial charge in [-0.3, -0.25) is 4.99 Å². The van der Waals surface area contributed by atoms with Crippen LogP contribution in [0.3, 0.4) is 0 Å². The first-order valence-corrected chi connectivity index (χ1v) is 17.0. The van der Waals surface area contributed by atoms with Crippen LogP contribution in [0, 0.1) is 6.92 Å². The SMILES string of the molecule is Cc1cccc(C=NC2CCC2[Si](C)(C)C)c1O.[Cl][Zr][Cl]. The Balaban J connectivity index is 0.000000677. The predicted octanol–water partition coefficient (Wildman–Crippen LogP) is 5.37. The Kier molecular flexibility index (Phi) is 8.19. The number of nitrogens with zero attached hydrogens (tertiary/aromatic N) is 1. The maximum absolute atomic E-state index is 9.94. The van der Waals surface area contributed by atoms with Crippen molar-refractivity contribution in [2.45, 2.75) is 51.0 Å². The van der Waals surface area contributed by atoms with E-state index in [1.165, 1.54) is 12.8 Å². The van der Waals surface area contributed by atoms with E-state index in [-0.39, 0.29) is 0 Å². The van der Waals surface area contributed by atoms with Gasteiger partial charge in [0.15, 0.2) is 0 Å². The second-order valence-electron chi connectivity index (χ2n) is 6.48. The molecule has 6 heteroatoms. The van der Waals surface area contributed by atoms with Gasteiger partial charge in [-0.15, -0.1) is 0 Å². The van der Waals surface area contributed by atoms with E-state index in [0.29, 0.717) is 11.8 Å². The zero-order valence-corrected chi connectivity index (χ0v) is 18.0. The normalized spacial score (nSPS) is 21.4. The van der Waals surface area contributed by atoms with E-state index >= 15 is 0 Å². The van der Waals surface area contributed by atoms with E-state index in [4.69, 9.17) is 22.0 Å². The van der Waals surface area contributed by atoms with Crippen molar-refractivity contribution in [3.8, 4) is 5.75 Å². The molecule has 2 nitrogen and oxygen atoms in total. The van der Waals surface area contributed by atoms with Gasteiger partial charge in [0.25, 0.3) is 0 Å². The second-order valence-corrected chi connectivity index (χ2v) is 15.7. The Morgan fingerprint density at radius 3 is 2.38 bits per heavy atom. The quantitative estimate of drug-likeness (QED) is 0.515. The number of halogens is 2. The molecule has 0 heterocycles. The molecule has 1 aliphatic rings. The number of benzene rings is 1. The zero-order chi connectivity index (χ0) is 16.0. The average molecular weight is 424 g/mol. The summed E-state index contributed by atoms with van der Waals surface area (Å²) in [6, 6.07) is 6.29. The van der Waals surface area contributed by atoms with Gasteiger partial charge in [0, 0.05) is 19.9 Å². The van der Waals surface area contributed by atoms with E-state index in [0.717, 1.165) is 16.7 Å². The minimum atomic E-state index is -1.08. The summed E-state index contributed by atoms with van der Waals surface area (Å²) in [5.41, 5.74) is 2.56. The molecular formula is C15H23Cl2NOSiZr. The molecule has 0 radical (unpaired) electrons. The Hall–Kier alpha value is 0.370. The van der Waals surface area contributed by atoms with Crippen molar-refractivity contribution < 1.29 is 26.0 Å². The number of para-hydroxylation sites is 1. The summed E-state index contributed by atoms with van der Waals surface area (Å²) in [7, 11) is 8.79. The molecule has 1 fully saturated rings. The molecule has 1 saturated carbocycles. The summed E-state index contributed by atoms with van der Waals surface area (Å²) >= 11 is -0.826. The molecule has 1 aromatic rings. The van der Waals surface area contributed by atoms with Crippen LogP contribution in [0.15, 0.2) is 23.2 Å². The predicted molar refractivity (Wildman–Crippen MR) is 92.3 cm³/mol. The topological polar surface area (TPSA) is 32.6 Å². The van der Waals surface area contributed by atoms with Gasteiger partial charge in [-0.2, -0.15) is 0 Å². The Bertz CT molecular complexity index is 491.